The van der Waals surface area contributed by atoms with E-state index in [4.69, 9.17) is 21.1 Å². The largest absolute Gasteiger partial charge is 0.493 e. The van der Waals surface area contributed by atoms with Crippen molar-refractivity contribution in [2.75, 3.05) is 13.2 Å². The van der Waals surface area contributed by atoms with Crippen molar-refractivity contribution in [3.63, 3.8) is 0 Å². The van der Waals surface area contributed by atoms with Crippen molar-refractivity contribution in [2.24, 2.45) is 0 Å². The summed E-state index contributed by atoms with van der Waals surface area (Å²) in [5.74, 6) is 0.334. The van der Waals surface area contributed by atoms with Crippen molar-refractivity contribution in [3.8, 4) is 5.75 Å². The molecule has 3 nitrogen and oxygen atoms in total. The second-order valence-electron chi connectivity index (χ2n) is 3.62. The summed E-state index contributed by atoms with van der Waals surface area (Å²) in [6.45, 7) is 4.78. The molecule has 0 aromatic heterocycles. The Bertz CT molecular complexity index is 427. The van der Waals surface area contributed by atoms with Crippen LogP contribution in [0.2, 0.25) is 5.02 Å². The van der Waals surface area contributed by atoms with E-state index in [1.54, 1.807) is 31.2 Å². The Morgan fingerprint density at radius 1 is 1.39 bits per heavy atom. The molecular weight excluding hydrogens is 252 g/mol. The first-order chi connectivity index (χ1) is 8.67. The van der Waals surface area contributed by atoms with Gasteiger partial charge in [0.25, 0.3) is 0 Å². The third kappa shape index (κ3) is 4.80. The number of hydrogen-bond acceptors (Lipinski definition) is 3. The average molecular weight is 269 g/mol. The smallest absolute Gasteiger partial charge is 0.330 e. The lowest BCUT2D eigenvalue weighted by atomic mass is 10.2. The van der Waals surface area contributed by atoms with Gasteiger partial charge in [-0.15, -0.1) is 0 Å². The van der Waals surface area contributed by atoms with Crippen molar-refractivity contribution in [1.82, 2.24) is 0 Å². The first kappa shape index (κ1) is 14.6. The lowest BCUT2D eigenvalue weighted by Crippen LogP contribution is -1.99. The van der Waals surface area contributed by atoms with Crippen LogP contribution in [0.25, 0.3) is 6.08 Å². The summed E-state index contributed by atoms with van der Waals surface area (Å²) >= 11 is 5.92. The van der Waals surface area contributed by atoms with Crippen LogP contribution < -0.4 is 4.74 Å². The first-order valence-electron chi connectivity index (χ1n) is 5.94. The van der Waals surface area contributed by atoms with E-state index in [2.05, 4.69) is 0 Å². The third-order valence-corrected chi connectivity index (χ3v) is 2.35. The molecule has 0 unspecified atom stereocenters. The van der Waals surface area contributed by atoms with E-state index in [0.29, 0.717) is 24.0 Å². The zero-order valence-corrected chi connectivity index (χ0v) is 11.4. The van der Waals surface area contributed by atoms with E-state index in [1.165, 1.54) is 6.08 Å². The van der Waals surface area contributed by atoms with E-state index < -0.39 is 0 Å². The minimum absolute atomic E-state index is 0.359. The molecule has 0 aliphatic carbocycles. The molecule has 98 valence electrons. The molecule has 0 saturated carbocycles. The monoisotopic (exact) mass is 268 g/mol. The number of carbonyl (C=O) groups is 1. The van der Waals surface area contributed by atoms with Gasteiger partial charge in [0.15, 0.2) is 0 Å². The van der Waals surface area contributed by atoms with Crippen LogP contribution in [-0.4, -0.2) is 19.2 Å². The number of carbonyl (C=O) groups excluding carboxylic acids is 1. The molecule has 0 spiro atoms. The maximum atomic E-state index is 11.2. The number of rotatable bonds is 6. The number of benzene rings is 1. The fourth-order valence-corrected chi connectivity index (χ4v) is 1.52. The van der Waals surface area contributed by atoms with Gasteiger partial charge in [-0.2, -0.15) is 0 Å². The lowest BCUT2D eigenvalue weighted by Gasteiger charge is -2.08. The molecular formula is C14H17ClO3. The summed E-state index contributed by atoms with van der Waals surface area (Å²) in [6, 6.07) is 5.30. The van der Waals surface area contributed by atoms with Gasteiger partial charge in [0.2, 0.25) is 0 Å². The highest BCUT2D eigenvalue weighted by Gasteiger charge is 2.03. The molecule has 0 aliphatic rings. The molecule has 1 aromatic rings. The van der Waals surface area contributed by atoms with Crippen LogP contribution in [0.3, 0.4) is 0 Å². The van der Waals surface area contributed by atoms with Crippen LogP contribution in [0.5, 0.6) is 5.75 Å². The van der Waals surface area contributed by atoms with Crippen LogP contribution in [-0.2, 0) is 9.53 Å². The van der Waals surface area contributed by atoms with Gasteiger partial charge in [0.1, 0.15) is 5.75 Å². The van der Waals surface area contributed by atoms with E-state index in [1.807, 2.05) is 6.92 Å². The topological polar surface area (TPSA) is 35.5 Å². The minimum Gasteiger partial charge on any atom is -0.493 e. The maximum absolute atomic E-state index is 11.2. The molecule has 0 amide bonds. The molecule has 0 atom stereocenters. The van der Waals surface area contributed by atoms with Gasteiger partial charge in [-0.25, -0.2) is 4.79 Å². The molecule has 0 aliphatic heterocycles. The molecule has 4 heteroatoms. The third-order valence-electron chi connectivity index (χ3n) is 2.12. The van der Waals surface area contributed by atoms with Crippen molar-refractivity contribution >= 4 is 23.6 Å². The Balaban J connectivity index is 2.84. The van der Waals surface area contributed by atoms with Crippen LogP contribution in [0.4, 0.5) is 0 Å². The zero-order valence-electron chi connectivity index (χ0n) is 10.6. The average Bonchev–Trinajstić information content (AvgIpc) is 2.35. The highest BCUT2D eigenvalue weighted by molar-refractivity contribution is 6.30. The first-order valence-corrected chi connectivity index (χ1v) is 6.32. The van der Waals surface area contributed by atoms with Crippen molar-refractivity contribution in [3.05, 3.63) is 34.9 Å². The van der Waals surface area contributed by atoms with Gasteiger partial charge in [-0.1, -0.05) is 18.5 Å². The Hall–Kier alpha value is -1.48. The SMILES string of the molecule is CCCOc1ccc(Cl)cc1/C=C/C(=O)OCC. The second-order valence-corrected chi connectivity index (χ2v) is 4.05. The lowest BCUT2D eigenvalue weighted by molar-refractivity contribution is -0.137. The zero-order chi connectivity index (χ0) is 13.4. The van der Waals surface area contributed by atoms with Crippen molar-refractivity contribution < 1.29 is 14.3 Å². The molecule has 0 bridgehead atoms. The fraction of sp³-hybridized carbons (Fsp3) is 0.357. The van der Waals surface area contributed by atoms with E-state index >= 15 is 0 Å². The van der Waals surface area contributed by atoms with E-state index in [-0.39, 0.29) is 5.97 Å². The van der Waals surface area contributed by atoms with E-state index in [9.17, 15) is 4.79 Å². The van der Waals surface area contributed by atoms with E-state index in [0.717, 1.165) is 12.0 Å². The summed E-state index contributed by atoms with van der Waals surface area (Å²) in [6.07, 6.45) is 3.94. The van der Waals surface area contributed by atoms with Gasteiger partial charge in [0.05, 0.1) is 13.2 Å². The summed E-state index contributed by atoms with van der Waals surface area (Å²) < 4.78 is 10.4. The predicted octanol–water partition coefficient (Wildman–Crippen LogP) is 3.71. The molecule has 0 heterocycles. The van der Waals surface area contributed by atoms with Gasteiger partial charge in [-0.05, 0) is 37.6 Å². The van der Waals surface area contributed by atoms with Gasteiger partial charge < -0.3 is 9.47 Å². The summed E-state index contributed by atoms with van der Waals surface area (Å²) in [5.41, 5.74) is 0.768. The molecule has 18 heavy (non-hydrogen) atoms. The highest BCUT2D eigenvalue weighted by atomic mass is 35.5. The standard InChI is InChI=1S/C14H17ClO3/c1-3-9-18-13-7-6-12(15)10-11(13)5-8-14(16)17-4-2/h5-8,10H,3-4,9H2,1-2H3/b8-5+. The van der Waals surface area contributed by atoms with Crippen LogP contribution in [0, 0.1) is 0 Å². The molecule has 1 aromatic carbocycles. The van der Waals surface area contributed by atoms with Crippen molar-refractivity contribution in [2.45, 2.75) is 20.3 Å². The number of halogens is 1. The number of esters is 1. The Morgan fingerprint density at radius 2 is 2.17 bits per heavy atom. The summed E-state index contributed by atoms with van der Waals surface area (Å²) in [5, 5.41) is 0.599. The van der Waals surface area contributed by atoms with Gasteiger partial charge in [0, 0.05) is 16.7 Å². The van der Waals surface area contributed by atoms with Crippen molar-refractivity contribution in [1.29, 1.82) is 0 Å². The Labute approximate surface area is 112 Å². The normalized spacial score (nSPS) is 10.6. The maximum Gasteiger partial charge on any atom is 0.330 e. The Morgan fingerprint density at radius 3 is 2.83 bits per heavy atom. The fourth-order valence-electron chi connectivity index (χ4n) is 1.34. The second kappa shape index (κ2) is 7.77. The predicted molar refractivity (Wildman–Crippen MR) is 72.9 cm³/mol. The molecule has 1 rings (SSSR count). The quantitative estimate of drug-likeness (QED) is 0.583. The van der Waals surface area contributed by atoms with Crippen LogP contribution in [0.1, 0.15) is 25.8 Å². The van der Waals surface area contributed by atoms with Gasteiger partial charge in [-0.3, -0.25) is 0 Å². The highest BCUT2D eigenvalue weighted by Crippen LogP contribution is 2.24. The number of hydrogen-bond donors (Lipinski definition) is 0. The summed E-state index contributed by atoms with van der Waals surface area (Å²) in [7, 11) is 0. The molecule has 0 N–H and O–H groups in total. The number of ether oxygens (including phenoxy) is 2. The Kier molecular flexibility index (Phi) is 6.29. The molecule has 0 radical (unpaired) electrons. The molecule has 0 saturated heterocycles. The molecule has 0 fully saturated rings. The van der Waals surface area contributed by atoms with Gasteiger partial charge >= 0.3 is 5.97 Å². The minimum atomic E-state index is -0.376. The summed E-state index contributed by atoms with van der Waals surface area (Å²) in [4.78, 5) is 11.2. The van der Waals surface area contributed by atoms with Crippen LogP contribution >= 0.6 is 11.6 Å². The van der Waals surface area contributed by atoms with Crippen LogP contribution in [0.15, 0.2) is 24.3 Å².